The van der Waals surface area contributed by atoms with Gasteiger partial charge in [0.05, 0.1) is 27.9 Å². The van der Waals surface area contributed by atoms with E-state index in [1.807, 2.05) is 47.8 Å². The Morgan fingerprint density at radius 3 is 2.34 bits per heavy atom. The number of thiazole rings is 1. The summed E-state index contributed by atoms with van der Waals surface area (Å²) in [5.74, 6) is 4.57. The molecule has 0 radical (unpaired) electrons. The monoisotopic (exact) mass is 614 g/mol. The van der Waals surface area contributed by atoms with Crippen LogP contribution in [0.3, 0.4) is 0 Å². The van der Waals surface area contributed by atoms with Crippen molar-refractivity contribution >= 4 is 17.1 Å². The molecule has 1 fully saturated rings. The third-order valence-electron chi connectivity index (χ3n) is 8.58. The van der Waals surface area contributed by atoms with Crippen molar-refractivity contribution in [1.29, 1.82) is 0 Å². The minimum absolute atomic E-state index is 0.0211. The standard InChI is InChI=1S/C35H38N2O6S/c1-39-28-12-9-25(10-13-28)24-5-7-26(8-6-24)35(38)30-21-44-34(36-30)20-37(18-23-4-15-31-33(16-23)43-22-42-31)19-27-11-14-29(40-2)17-32(27)41-3/h4,9-17,21,24,26H,5-8,18-20,22H2,1-3H3. The predicted molar refractivity (Wildman–Crippen MR) is 169 cm³/mol. The second kappa shape index (κ2) is 13.7. The fourth-order valence-electron chi connectivity index (χ4n) is 6.15. The van der Waals surface area contributed by atoms with Crippen molar-refractivity contribution in [2.24, 2.45) is 5.92 Å². The smallest absolute Gasteiger partial charge is 0.231 e. The van der Waals surface area contributed by atoms with E-state index in [1.165, 1.54) is 5.56 Å². The minimum Gasteiger partial charge on any atom is -0.497 e. The van der Waals surface area contributed by atoms with Crippen molar-refractivity contribution < 1.29 is 28.5 Å². The van der Waals surface area contributed by atoms with Gasteiger partial charge in [-0.05, 0) is 73.1 Å². The van der Waals surface area contributed by atoms with Gasteiger partial charge in [0.25, 0.3) is 0 Å². The number of Topliss-reactive ketones (excluding diaryl/α,β-unsaturated/α-hetero) is 1. The molecule has 2 aliphatic rings. The number of nitrogens with zero attached hydrogens (tertiary/aromatic N) is 2. The zero-order chi connectivity index (χ0) is 30.5. The van der Waals surface area contributed by atoms with Crippen LogP contribution in [-0.2, 0) is 19.6 Å². The van der Waals surface area contributed by atoms with Crippen LogP contribution >= 0.6 is 11.3 Å². The SMILES string of the molecule is COc1ccc(C2CCC(C(=O)c3csc(CN(Cc4ccc5c(c4)OCO5)Cc4ccc(OC)cc4OC)n3)CC2)cc1. The van der Waals surface area contributed by atoms with E-state index in [9.17, 15) is 4.79 Å². The van der Waals surface area contributed by atoms with Crippen LogP contribution in [0.1, 0.15) is 63.8 Å². The number of carbonyl (C=O) groups excluding carboxylic acids is 1. The van der Waals surface area contributed by atoms with Crippen molar-refractivity contribution in [3.05, 3.63) is 93.4 Å². The van der Waals surface area contributed by atoms with Crippen molar-refractivity contribution in [2.45, 2.75) is 51.2 Å². The molecule has 1 aromatic heterocycles. The van der Waals surface area contributed by atoms with Gasteiger partial charge >= 0.3 is 0 Å². The number of hydrogen-bond acceptors (Lipinski definition) is 9. The fourth-order valence-corrected chi connectivity index (χ4v) is 6.98. The Labute approximate surface area is 262 Å². The van der Waals surface area contributed by atoms with E-state index in [0.717, 1.165) is 70.6 Å². The zero-order valence-corrected chi connectivity index (χ0v) is 26.2. The summed E-state index contributed by atoms with van der Waals surface area (Å²) >= 11 is 1.55. The Bertz CT molecular complexity index is 1580. The van der Waals surface area contributed by atoms with Gasteiger partial charge in [-0.15, -0.1) is 11.3 Å². The van der Waals surface area contributed by atoms with Crippen LogP contribution in [0.5, 0.6) is 28.7 Å². The van der Waals surface area contributed by atoms with Gasteiger partial charge in [-0.25, -0.2) is 4.98 Å². The van der Waals surface area contributed by atoms with Crippen molar-refractivity contribution in [3.8, 4) is 28.7 Å². The van der Waals surface area contributed by atoms with E-state index in [1.54, 1.807) is 32.7 Å². The van der Waals surface area contributed by atoms with Gasteiger partial charge in [0.2, 0.25) is 6.79 Å². The molecule has 6 rings (SSSR count). The molecule has 230 valence electrons. The lowest BCUT2D eigenvalue weighted by Crippen LogP contribution is -2.23. The van der Waals surface area contributed by atoms with Crippen LogP contribution in [0, 0.1) is 5.92 Å². The summed E-state index contributed by atoms with van der Waals surface area (Å²) in [5.41, 5.74) is 4.05. The molecule has 0 N–H and O–H groups in total. The highest BCUT2D eigenvalue weighted by Crippen LogP contribution is 2.38. The number of benzene rings is 3. The Hall–Kier alpha value is -4.08. The maximum Gasteiger partial charge on any atom is 0.231 e. The van der Waals surface area contributed by atoms with Crippen molar-refractivity contribution in [2.75, 3.05) is 28.1 Å². The van der Waals surface area contributed by atoms with Crippen LogP contribution in [0.4, 0.5) is 0 Å². The first-order valence-corrected chi connectivity index (χ1v) is 15.8. The van der Waals surface area contributed by atoms with E-state index in [0.29, 0.717) is 31.2 Å². The highest BCUT2D eigenvalue weighted by molar-refractivity contribution is 7.09. The Kier molecular flexibility index (Phi) is 9.33. The quantitative estimate of drug-likeness (QED) is 0.154. The van der Waals surface area contributed by atoms with Crippen molar-refractivity contribution in [1.82, 2.24) is 9.88 Å². The highest BCUT2D eigenvalue weighted by atomic mass is 32.1. The molecule has 0 amide bonds. The Balaban J connectivity index is 1.14. The zero-order valence-electron chi connectivity index (χ0n) is 25.4. The molecule has 1 saturated carbocycles. The summed E-state index contributed by atoms with van der Waals surface area (Å²) in [6.45, 7) is 2.11. The van der Waals surface area contributed by atoms with Crippen LogP contribution < -0.4 is 23.7 Å². The molecule has 0 spiro atoms. The Morgan fingerprint density at radius 1 is 0.841 bits per heavy atom. The van der Waals surface area contributed by atoms with Gasteiger partial charge in [0.1, 0.15) is 28.0 Å². The molecule has 1 aliphatic heterocycles. The topological polar surface area (TPSA) is 79.4 Å². The van der Waals surface area contributed by atoms with Gasteiger partial charge < -0.3 is 23.7 Å². The molecule has 44 heavy (non-hydrogen) atoms. The molecule has 0 atom stereocenters. The van der Waals surface area contributed by atoms with Gasteiger partial charge in [0, 0.05) is 36.0 Å². The molecular formula is C35H38N2O6S. The molecule has 2 heterocycles. The largest absolute Gasteiger partial charge is 0.497 e. The second-order valence-electron chi connectivity index (χ2n) is 11.3. The normalized spacial score (nSPS) is 17.5. The molecule has 1 aliphatic carbocycles. The van der Waals surface area contributed by atoms with E-state index in [-0.39, 0.29) is 18.5 Å². The van der Waals surface area contributed by atoms with Gasteiger partial charge in [0.15, 0.2) is 17.3 Å². The maximum absolute atomic E-state index is 13.5. The third kappa shape index (κ3) is 6.84. The summed E-state index contributed by atoms with van der Waals surface area (Å²) in [6, 6.07) is 20.2. The van der Waals surface area contributed by atoms with Gasteiger partial charge in [-0.2, -0.15) is 0 Å². The summed E-state index contributed by atoms with van der Waals surface area (Å²) in [4.78, 5) is 20.7. The molecule has 0 saturated heterocycles. The lowest BCUT2D eigenvalue weighted by atomic mass is 9.77. The van der Waals surface area contributed by atoms with Crippen LogP contribution in [0.25, 0.3) is 0 Å². The number of fused-ring (bicyclic) bond motifs is 1. The van der Waals surface area contributed by atoms with Gasteiger partial charge in [-0.1, -0.05) is 24.3 Å². The molecule has 9 heteroatoms. The molecular weight excluding hydrogens is 576 g/mol. The number of ketones is 1. The van der Waals surface area contributed by atoms with Crippen LogP contribution in [0.15, 0.2) is 66.0 Å². The first kappa shape index (κ1) is 30.0. The second-order valence-corrected chi connectivity index (χ2v) is 12.3. The summed E-state index contributed by atoms with van der Waals surface area (Å²) in [7, 11) is 5.00. The average molecular weight is 615 g/mol. The number of rotatable bonds is 12. The highest BCUT2D eigenvalue weighted by Gasteiger charge is 2.29. The predicted octanol–water partition coefficient (Wildman–Crippen LogP) is 7.26. The molecule has 4 aromatic rings. The van der Waals surface area contributed by atoms with E-state index in [2.05, 4.69) is 23.1 Å². The van der Waals surface area contributed by atoms with Crippen LogP contribution in [-0.4, -0.2) is 43.8 Å². The Morgan fingerprint density at radius 2 is 1.59 bits per heavy atom. The number of carbonyl (C=O) groups is 1. The number of hydrogen-bond donors (Lipinski definition) is 0. The molecule has 0 unspecified atom stereocenters. The van der Waals surface area contributed by atoms with Gasteiger partial charge in [-0.3, -0.25) is 9.69 Å². The number of ether oxygens (including phenoxy) is 5. The molecule has 8 nitrogen and oxygen atoms in total. The van der Waals surface area contributed by atoms with E-state index >= 15 is 0 Å². The molecule has 3 aromatic carbocycles. The average Bonchev–Trinajstić information content (AvgIpc) is 3.74. The van der Waals surface area contributed by atoms with Crippen molar-refractivity contribution in [3.63, 3.8) is 0 Å². The van der Waals surface area contributed by atoms with E-state index < -0.39 is 0 Å². The summed E-state index contributed by atoms with van der Waals surface area (Å²) in [5, 5.41) is 2.84. The number of aromatic nitrogens is 1. The molecule has 0 bridgehead atoms. The third-order valence-corrected chi connectivity index (χ3v) is 9.41. The van der Waals surface area contributed by atoms with Crippen LogP contribution in [0.2, 0.25) is 0 Å². The lowest BCUT2D eigenvalue weighted by molar-refractivity contribution is 0.0879. The maximum atomic E-state index is 13.5. The summed E-state index contributed by atoms with van der Waals surface area (Å²) < 4.78 is 27.5. The first-order chi connectivity index (χ1) is 21.5. The first-order valence-electron chi connectivity index (χ1n) is 15.0. The fraction of sp³-hybridized carbons (Fsp3) is 0.371. The lowest BCUT2D eigenvalue weighted by Gasteiger charge is -2.27. The van der Waals surface area contributed by atoms with E-state index in [4.69, 9.17) is 28.7 Å². The number of methoxy groups -OCH3 is 3. The minimum atomic E-state index is 0.0211. The summed E-state index contributed by atoms with van der Waals surface area (Å²) in [6.07, 6.45) is 3.78.